The summed E-state index contributed by atoms with van der Waals surface area (Å²) in [6.45, 7) is 5.61. The highest BCUT2D eigenvalue weighted by Gasteiger charge is 2.31. The van der Waals surface area contributed by atoms with Crippen LogP contribution in [-0.2, 0) is 14.3 Å². The van der Waals surface area contributed by atoms with Crippen LogP contribution in [0.15, 0.2) is 66.7 Å². The lowest BCUT2D eigenvalue weighted by molar-refractivity contribution is -0.138. The number of anilines is 1. The van der Waals surface area contributed by atoms with E-state index >= 15 is 0 Å². The van der Waals surface area contributed by atoms with Gasteiger partial charge in [-0.15, -0.1) is 0 Å². The van der Waals surface area contributed by atoms with Gasteiger partial charge in [-0.2, -0.15) is 0 Å². The van der Waals surface area contributed by atoms with Gasteiger partial charge in [0.25, 0.3) is 5.91 Å². The molecule has 2 unspecified atom stereocenters. The Morgan fingerprint density at radius 3 is 2.20 bits per heavy atom. The van der Waals surface area contributed by atoms with Gasteiger partial charge in [0.2, 0.25) is 5.91 Å². The predicted molar refractivity (Wildman–Crippen MR) is 164 cm³/mol. The van der Waals surface area contributed by atoms with Crippen molar-refractivity contribution in [2.24, 2.45) is 0 Å². The van der Waals surface area contributed by atoms with Crippen molar-refractivity contribution < 1.29 is 29.0 Å². The van der Waals surface area contributed by atoms with Gasteiger partial charge in [-0.05, 0) is 24.8 Å². The third kappa shape index (κ3) is 8.76. The van der Waals surface area contributed by atoms with Gasteiger partial charge < -0.3 is 30.3 Å². The Hall–Kier alpha value is -5.00. The zero-order valence-corrected chi connectivity index (χ0v) is 24.9. The molecule has 0 spiro atoms. The second-order valence-corrected chi connectivity index (χ2v) is 10.5. The molecule has 232 valence electrons. The van der Waals surface area contributed by atoms with Gasteiger partial charge in [0.05, 0.1) is 6.61 Å². The number of hydrogen-bond donors (Lipinski definition) is 3. The number of carbonyl (C=O) groups is 4. The SMILES string of the molecule is CCOC(=O)N1CCN(C(=O)C(CCC(=O)O)NC(=O)c2cc(NCC(C)c3ccccc3)nc(-c3ccccc3)n2)CC1. The quantitative estimate of drug-likeness (QED) is 0.282. The molecule has 1 aromatic heterocycles. The van der Waals surface area contributed by atoms with Crippen molar-refractivity contribution in [2.45, 2.75) is 38.6 Å². The van der Waals surface area contributed by atoms with Gasteiger partial charge in [-0.25, -0.2) is 14.8 Å². The van der Waals surface area contributed by atoms with E-state index in [4.69, 9.17) is 4.74 Å². The van der Waals surface area contributed by atoms with E-state index in [9.17, 15) is 24.3 Å². The molecule has 12 nitrogen and oxygen atoms in total. The van der Waals surface area contributed by atoms with Crippen LogP contribution in [0.1, 0.15) is 48.7 Å². The molecule has 44 heavy (non-hydrogen) atoms. The summed E-state index contributed by atoms with van der Waals surface area (Å²) in [7, 11) is 0. The molecule has 3 N–H and O–H groups in total. The standard InChI is InChI=1S/C32H38N6O6/c1-3-44-32(43)38-18-16-37(17-19-38)31(42)25(14-15-28(39)40)35-30(41)26-20-27(33-21-22(2)23-10-6-4-7-11-23)36-29(34-26)24-12-8-5-9-13-24/h4-13,20,22,25H,3,14-19,21H2,1-2H3,(H,35,41)(H,39,40)(H,33,34,36). The summed E-state index contributed by atoms with van der Waals surface area (Å²) in [4.78, 5) is 62.7. The number of aliphatic carboxylic acids is 1. The van der Waals surface area contributed by atoms with Gasteiger partial charge in [0, 0.05) is 50.8 Å². The number of rotatable bonds is 12. The van der Waals surface area contributed by atoms with Crippen LogP contribution in [-0.4, -0.2) is 94.1 Å². The molecule has 0 saturated carbocycles. The van der Waals surface area contributed by atoms with E-state index in [1.165, 1.54) is 15.9 Å². The Kier molecular flexibility index (Phi) is 11.2. The van der Waals surface area contributed by atoms with Crippen molar-refractivity contribution in [1.82, 2.24) is 25.1 Å². The lowest BCUT2D eigenvalue weighted by Gasteiger charge is -2.35. The van der Waals surface area contributed by atoms with Crippen LogP contribution >= 0.6 is 0 Å². The number of aromatic nitrogens is 2. The fourth-order valence-corrected chi connectivity index (χ4v) is 4.83. The summed E-state index contributed by atoms with van der Waals surface area (Å²) in [5.74, 6) is -1.21. The van der Waals surface area contributed by atoms with Crippen molar-refractivity contribution in [2.75, 3.05) is 44.6 Å². The number of piperazine rings is 1. The van der Waals surface area contributed by atoms with Crippen LogP contribution in [0.25, 0.3) is 11.4 Å². The lowest BCUT2D eigenvalue weighted by Crippen LogP contribution is -2.56. The topological polar surface area (TPSA) is 154 Å². The number of hydrogen-bond acceptors (Lipinski definition) is 8. The molecule has 2 heterocycles. The largest absolute Gasteiger partial charge is 0.481 e. The van der Waals surface area contributed by atoms with Crippen LogP contribution in [0.5, 0.6) is 0 Å². The highest BCUT2D eigenvalue weighted by Crippen LogP contribution is 2.20. The normalized spacial score (nSPS) is 14.3. The van der Waals surface area contributed by atoms with Crippen LogP contribution in [0.4, 0.5) is 10.6 Å². The summed E-state index contributed by atoms with van der Waals surface area (Å²) < 4.78 is 5.04. The number of nitrogens with one attached hydrogen (secondary N) is 2. The Balaban J connectivity index is 1.52. The minimum atomic E-state index is -1.10. The first-order valence-electron chi connectivity index (χ1n) is 14.7. The number of amides is 3. The second kappa shape index (κ2) is 15.5. The molecule has 1 aliphatic heterocycles. The van der Waals surface area contributed by atoms with Crippen LogP contribution < -0.4 is 10.6 Å². The third-order valence-electron chi connectivity index (χ3n) is 7.32. The number of benzene rings is 2. The number of carboxylic acids is 1. The van der Waals surface area contributed by atoms with E-state index in [1.54, 1.807) is 6.92 Å². The van der Waals surface area contributed by atoms with Crippen LogP contribution in [0.2, 0.25) is 0 Å². The molecule has 2 aromatic carbocycles. The highest BCUT2D eigenvalue weighted by molar-refractivity contribution is 5.97. The molecule has 0 bridgehead atoms. The van der Waals surface area contributed by atoms with E-state index in [1.807, 2.05) is 60.7 Å². The maximum absolute atomic E-state index is 13.6. The fourth-order valence-electron chi connectivity index (χ4n) is 4.83. The number of carboxylic acid groups (broad SMARTS) is 1. The highest BCUT2D eigenvalue weighted by atomic mass is 16.6. The molecular weight excluding hydrogens is 564 g/mol. The zero-order chi connectivity index (χ0) is 31.5. The van der Waals surface area contributed by atoms with Crippen molar-refractivity contribution in [3.05, 3.63) is 78.0 Å². The van der Waals surface area contributed by atoms with Gasteiger partial charge in [-0.1, -0.05) is 67.6 Å². The van der Waals surface area contributed by atoms with Crippen molar-refractivity contribution in [3.8, 4) is 11.4 Å². The monoisotopic (exact) mass is 602 g/mol. The van der Waals surface area contributed by atoms with Gasteiger partial charge >= 0.3 is 12.1 Å². The molecule has 1 aliphatic rings. The van der Waals surface area contributed by atoms with Crippen LogP contribution in [0, 0.1) is 0 Å². The summed E-state index contributed by atoms with van der Waals surface area (Å²) in [6, 6.07) is 19.7. The molecule has 1 saturated heterocycles. The summed E-state index contributed by atoms with van der Waals surface area (Å²) in [6.07, 6.45) is -0.868. The molecule has 3 aromatic rings. The lowest BCUT2D eigenvalue weighted by atomic mass is 10.0. The molecule has 4 rings (SSSR count). The molecule has 2 atom stereocenters. The Bertz CT molecular complexity index is 1430. The van der Waals surface area contributed by atoms with Crippen molar-refractivity contribution >= 4 is 29.7 Å². The molecule has 1 fully saturated rings. The minimum absolute atomic E-state index is 0.0361. The van der Waals surface area contributed by atoms with E-state index in [0.29, 0.717) is 23.8 Å². The Morgan fingerprint density at radius 2 is 1.57 bits per heavy atom. The van der Waals surface area contributed by atoms with Crippen LogP contribution in [0.3, 0.4) is 0 Å². The molecule has 0 aliphatic carbocycles. The second-order valence-electron chi connectivity index (χ2n) is 10.5. The smallest absolute Gasteiger partial charge is 0.409 e. The summed E-state index contributed by atoms with van der Waals surface area (Å²) in [5, 5.41) is 15.3. The zero-order valence-electron chi connectivity index (χ0n) is 24.9. The van der Waals surface area contributed by atoms with E-state index in [0.717, 1.165) is 5.56 Å². The van der Waals surface area contributed by atoms with Crippen molar-refractivity contribution in [1.29, 1.82) is 0 Å². The van der Waals surface area contributed by atoms with E-state index < -0.39 is 29.9 Å². The molecular formula is C32H38N6O6. The van der Waals surface area contributed by atoms with Gasteiger partial charge in [0.15, 0.2) is 5.82 Å². The fraction of sp³-hybridized carbons (Fsp3) is 0.375. The minimum Gasteiger partial charge on any atom is -0.481 e. The average molecular weight is 603 g/mol. The molecule has 3 amide bonds. The van der Waals surface area contributed by atoms with Gasteiger partial charge in [-0.3, -0.25) is 14.4 Å². The van der Waals surface area contributed by atoms with E-state index in [2.05, 4.69) is 27.5 Å². The first-order chi connectivity index (χ1) is 21.2. The average Bonchev–Trinajstić information content (AvgIpc) is 3.05. The molecule has 0 radical (unpaired) electrons. The number of nitrogens with zero attached hydrogens (tertiary/aromatic N) is 4. The third-order valence-corrected chi connectivity index (χ3v) is 7.32. The van der Waals surface area contributed by atoms with E-state index in [-0.39, 0.29) is 57.2 Å². The maximum atomic E-state index is 13.6. The Morgan fingerprint density at radius 1 is 0.932 bits per heavy atom. The predicted octanol–water partition coefficient (Wildman–Crippen LogP) is 3.62. The number of ether oxygens (including phenoxy) is 1. The Labute approximate surface area is 256 Å². The maximum Gasteiger partial charge on any atom is 0.409 e. The number of carbonyl (C=O) groups excluding carboxylic acids is 3. The molecule has 12 heteroatoms. The first-order valence-corrected chi connectivity index (χ1v) is 14.7. The van der Waals surface area contributed by atoms with Crippen molar-refractivity contribution in [3.63, 3.8) is 0 Å². The van der Waals surface area contributed by atoms with Gasteiger partial charge in [0.1, 0.15) is 17.6 Å². The summed E-state index contributed by atoms with van der Waals surface area (Å²) in [5.41, 5.74) is 1.89. The first kappa shape index (κ1) is 31.9. The summed E-state index contributed by atoms with van der Waals surface area (Å²) >= 11 is 0.